The number of nitrogens with one attached hydrogen (secondary N) is 1. The van der Waals surface area contributed by atoms with Gasteiger partial charge in [-0.3, -0.25) is 14.4 Å². The molecule has 1 atom stereocenters. The Hall–Kier alpha value is -1.43. The Morgan fingerprint density at radius 3 is 2.05 bits per heavy atom. The quantitative estimate of drug-likeness (QED) is 0.688. The lowest BCUT2D eigenvalue weighted by Gasteiger charge is -2.26. The lowest BCUT2D eigenvalue weighted by molar-refractivity contribution is -0.139. The molecule has 6 heteroatoms. The molecule has 0 fully saturated rings. The second-order valence-corrected chi connectivity index (χ2v) is 5.57. The van der Waals surface area contributed by atoms with E-state index in [0.29, 0.717) is 13.1 Å². The number of ketones is 1. The molecule has 0 aliphatic rings. The van der Waals surface area contributed by atoms with Crippen molar-refractivity contribution in [1.82, 2.24) is 15.1 Å². The van der Waals surface area contributed by atoms with Crippen LogP contribution in [0, 0.1) is 5.92 Å². The summed E-state index contributed by atoms with van der Waals surface area (Å²) in [4.78, 5) is 38.7. The van der Waals surface area contributed by atoms with Crippen molar-refractivity contribution < 1.29 is 14.4 Å². The van der Waals surface area contributed by atoms with Crippen LogP contribution < -0.4 is 5.32 Å². The molecule has 0 aliphatic carbocycles. The highest BCUT2D eigenvalue weighted by atomic mass is 16.2. The normalized spacial score (nSPS) is 12.4. The maximum Gasteiger partial charge on any atom is 0.243 e. The van der Waals surface area contributed by atoms with Gasteiger partial charge in [-0.1, -0.05) is 13.8 Å². The van der Waals surface area contributed by atoms with Gasteiger partial charge in [0, 0.05) is 39.4 Å². The summed E-state index contributed by atoms with van der Waals surface area (Å²) >= 11 is 0. The van der Waals surface area contributed by atoms with E-state index in [2.05, 4.69) is 5.32 Å². The highest BCUT2D eigenvalue weighted by Crippen LogP contribution is 2.08. The van der Waals surface area contributed by atoms with E-state index in [0.717, 1.165) is 0 Å². The number of likely N-dealkylation sites (N-methyl/N-ethyl adjacent to an activating group) is 2. The number of carbonyl (C=O) groups excluding carboxylic acids is 3. The molecule has 6 nitrogen and oxygen atoms in total. The maximum atomic E-state index is 12.2. The van der Waals surface area contributed by atoms with Gasteiger partial charge in [-0.05, 0) is 14.1 Å². The van der Waals surface area contributed by atoms with Crippen molar-refractivity contribution in [3.05, 3.63) is 0 Å². The molecule has 0 saturated carbocycles. The SMILES string of the molecule is CC(=O)N(C)[C@@H](CC(=O)C(C)C)C(=O)NCCN(C)C. The van der Waals surface area contributed by atoms with Crippen molar-refractivity contribution in [1.29, 1.82) is 0 Å². The Bertz CT molecular complexity index is 354. The standard InChI is InChI=1S/C14H27N3O3/c1-10(2)13(19)9-12(17(6)11(3)18)14(20)15-7-8-16(4)5/h10,12H,7-9H2,1-6H3,(H,15,20)/t12-/m0/s1. The third kappa shape index (κ3) is 6.65. The van der Waals surface area contributed by atoms with Crippen LogP contribution in [0.25, 0.3) is 0 Å². The minimum atomic E-state index is -0.732. The van der Waals surface area contributed by atoms with Crippen LogP contribution in [-0.4, -0.2) is 67.7 Å². The molecule has 1 N–H and O–H groups in total. The number of hydrogen-bond donors (Lipinski definition) is 1. The third-order valence-electron chi connectivity index (χ3n) is 3.16. The van der Waals surface area contributed by atoms with Gasteiger partial charge in [0.2, 0.25) is 11.8 Å². The van der Waals surface area contributed by atoms with E-state index >= 15 is 0 Å². The fourth-order valence-electron chi connectivity index (χ4n) is 1.57. The zero-order chi connectivity index (χ0) is 15.9. The fraction of sp³-hybridized carbons (Fsp3) is 0.786. The second-order valence-electron chi connectivity index (χ2n) is 5.57. The average Bonchev–Trinajstić information content (AvgIpc) is 2.33. The molecule has 20 heavy (non-hydrogen) atoms. The number of carbonyl (C=O) groups is 3. The molecule has 0 unspecified atom stereocenters. The highest BCUT2D eigenvalue weighted by molar-refractivity contribution is 5.92. The van der Waals surface area contributed by atoms with Gasteiger partial charge < -0.3 is 15.1 Å². The van der Waals surface area contributed by atoms with Crippen molar-refractivity contribution in [2.24, 2.45) is 5.92 Å². The van der Waals surface area contributed by atoms with Crippen LogP contribution in [0.5, 0.6) is 0 Å². The van der Waals surface area contributed by atoms with Gasteiger partial charge >= 0.3 is 0 Å². The number of rotatable bonds is 8. The van der Waals surface area contributed by atoms with Crippen molar-refractivity contribution in [3.8, 4) is 0 Å². The fourth-order valence-corrected chi connectivity index (χ4v) is 1.57. The molecule has 0 spiro atoms. The summed E-state index contributed by atoms with van der Waals surface area (Å²) in [6.45, 7) is 6.17. The topological polar surface area (TPSA) is 69.7 Å². The monoisotopic (exact) mass is 285 g/mol. The number of Topliss-reactive ketones (excluding diaryl/α,β-unsaturated/α-hetero) is 1. The smallest absolute Gasteiger partial charge is 0.243 e. The lowest BCUT2D eigenvalue weighted by Crippen LogP contribution is -2.49. The second kappa shape index (κ2) is 8.68. The lowest BCUT2D eigenvalue weighted by atomic mass is 10.00. The Balaban J connectivity index is 4.71. The molecule has 0 radical (unpaired) electrons. The van der Waals surface area contributed by atoms with Gasteiger partial charge in [0.05, 0.1) is 0 Å². The van der Waals surface area contributed by atoms with Crippen LogP contribution in [0.2, 0.25) is 0 Å². The van der Waals surface area contributed by atoms with Crippen LogP contribution in [0.4, 0.5) is 0 Å². The maximum absolute atomic E-state index is 12.2. The minimum absolute atomic E-state index is 0.0224. The van der Waals surface area contributed by atoms with Gasteiger partial charge in [-0.15, -0.1) is 0 Å². The summed E-state index contributed by atoms with van der Waals surface area (Å²) in [5, 5.41) is 2.77. The molecule has 2 amide bonds. The Kier molecular flexibility index (Phi) is 8.06. The van der Waals surface area contributed by atoms with Crippen LogP contribution >= 0.6 is 0 Å². The summed E-state index contributed by atoms with van der Waals surface area (Å²) in [5.74, 6) is -0.675. The van der Waals surface area contributed by atoms with Crippen molar-refractivity contribution in [2.45, 2.75) is 33.2 Å². The minimum Gasteiger partial charge on any atom is -0.353 e. The molecule has 0 rings (SSSR count). The summed E-state index contributed by atoms with van der Waals surface area (Å²) in [6, 6.07) is -0.732. The summed E-state index contributed by atoms with van der Waals surface area (Å²) in [7, 11) is 5.37. The van der Waals surface area contributed by atoms with Gasteiger partial charge in [-0.25, -0.2) is 0 Å². The highest BCUT2D eigenvalue weighted by Gasteiger charge is 2.28. The molecule has 0 bridgehead atoms. The first kappa shape index (κ1) is 18.6. The number of amides is 2. The predicted octanol–water partition coefficient (Wildman–Crippen LogP) is 0.126. The van der Waals surface area contributed by atoms with Crippen LogP contribution in [0.1, 0.15) is 27.2 Å². The van der Waals surface area contributed by atoms with E-state index in [-0.39, 0.29) is 29.9 Å². The molecule has 0 heterocycles. The van der Waals surface area contributed by atoms with Crippen molar-refractivity contribution in [2.75, 3.05) is 34.2 Å². The molecule has 0 aromatic rings. The van der Waals surface area contributed by atoms with E-state index in [9.17, 15) is 14.4 Å². The average molecular weight is 285 g/mol. The summed E-state index contributed by atoms with van der Waals surface area (Å²) in [5.41, 5.74) is 0. The van der Waals surface area contributed by atoms with Crippen LogP contribution in [0.3, 0.4) is 0 Å². The Morgan fingerprint density at radius 2 is 1.65 bits per heavy atom. The first-order chi connectivity index (χ1) is 9.16. The summed E-state index contributed by atoms with van der Waals surface area (Å²) in [6.07, 6.45) is 0.0571. The van der Waals surface area contributed by atoms with E-state index in [1.54, 1.807) is 20.9 Å². The van der Waals surface area contributed by atoms with E-state index in [4.69, 9.17) is 0 Å². The van der Waals surface area contributed by atoms with Crippen LogP contribution in [0.15, 0.2) is 0 Å². The Labute approximate surface area is 121 Å². The zero-order valence-electron chi connectivity index (χ0n) is 13.4. The largest absolute Gasteiger partial charge is 0.353 e. The van der Waals surface area contributed by atoms with Gasteiger partial charge in [-0.2, -0.15) is 0 Å². The van der Waals surface area contributed by atoms with E-state index < -0.39 is 6.04 Å². The van der Waals surface area contributed by atoms with Gasteiger partial charge in [0.25, 0.3) is 0 Å². The Morgan fingerprint density at radius 1 is 1.10 bits per heavy atom. The number of hydrogen-bond acceptors (Lipinski definition) is 4. The zero-order valence-corrected chi connectivity index (χ0v) is 13.4. The molecule has 0 aromatic heterocycles. The predicted molar refractivity (Wildman–Crippen MR) is 78.3 cm³/mol. The molecule has 116 valence electrons. The van der Waals surface area contributed by atoms with Crippen molar-refractivity contribution in [3.63, 3.8) is 0 Å². The van der Waals surface area contributed by atoms with E-state index in [1.807, 2.05) is 19.0 Å². The molecular formula is C14H27N3O3. The third-order valence-corrected chi connectivity index (χ3v) is 3.16. The molecule has 0 aromatic carbocycles. The molecule has 0 saturated heterocycles. The van der Waals surface area contributed by atoms with Crippen molar-refractivity contribution >= 4 is 17.6 Å². The molecule has 0 aliphatic heterocycles. The first-order valence-electron chi connectivity index (χ1n) is 6.85. The van der Waals surface area contributed by atoms with E-state index in [1.165, 1.54) is 11.8 Å². The summed E-state index contributed by atoms with van der Waals surface area (Å²) < 4.78 is 0. The first-order valence-corrected chi connectivity index (χ1v) is 6.85. The number of nitrogens with zero attached hydrogens (tertiary/aromatic N) is 2. The van der Waals surface area contributed by atoms with Gasteiger partial charge in [0.1, 0.15) is 11.8 Å². The van der Waals surface area contributed by atoms with Crippen LogP contribution in [-0.2, 0) is 14.4 Å². The molecular weight excluding hydrogens is 258 g/mol. The van der Waals surface area contributed by atoms with Gasteiger partial charge in [0.15, 0.2) is 0 Å².